The number of para-hydroxylation sites is 1. The lowest BCUT2D eigenvalue weighted by atomic mass is 9.95. The number of benzene rings is 4. The maximum absolute atomic E-state index is 13.9. The molecule has 5 amide bonds. The molecule has 0 fully saturated rings. The molecule has 454 valence electrons. The number of amides is 5. The number of ether oxygens (including phenoxy) is 4. The number of hydrazine groups is 1. The summed E-state index contributed by atoms with van der Waals surface area (Å²) >= 11 is 5.82. The zero-order chi connectivity index (χ0) is 60.4. The maximum atomic E-state index is 13.9. The number of thiophene rings is 1. The molecule has 0 bridgehead atoms. The molecule has 0 saturated carbocycles. The second-order valence-electron chi connectivity index (χ2n) is 18.6. The zero-order valence-corrected chi connectivity index (χ0v) is 50.5. The van der Waals surface area contributed by atoms with Gasteiger partial charge in [-0.05, 0) is 98.2 Å². The van der Waals surface area contributed by atoms with E-state index in [1.807, 2.05) is 99.6 Å². The number of hydrogen-bond donors (Lipinski definition) is 9. The SMILES string of the molecule is CC.CC(CCCCNC=O)NC(=O)c1cc(OCCOCCOCCOCCN(N)/C2=C(\N)c3ccccc3N(C(=O)CCC(=O)NCCCCCCOP(O)(O)=S)Cc3ccccc32)ccc1NC(=O)c1cc2ccccc2s1.CO. The van der Waals surface area contributed by atoms with Crippen LogP contribution in [-0.2, 0) is 51.5 Å². The van der Waals surface area contributed by atoms with Crippen LogP contribution in [0.15, 0.2) is 97.1 Å². The molecular formula is C59H83N8O13PS2. The Morgan fingerprint density at radius 1 is 0.771 bits per heavy atom. The number of anilines is 2. The Labute approximate surface area is 496 Å². The topological polar surface area (TPSA) is 299 Å². The van der Waals surface area contributed by atoms with E-state index in [1.165, 1.54) is 11.3 Å². The van der Waals surface area contributed by atoms with Gasteiger partial charge in [-0.1, -0.05) is 87.4 Å². The number of carbonyl (C=O) groups is 5. The van der Waals surface area contributed by atoms with Gasteiger partial charge in [0, 0.05) is 54.9 Å². The highest BCUT2D eigenvalue weighted by molar-refractivity contribution is 8.06. The van der Waals surface area contributed by atoms with Gasteiger partial charge in [0.2, 0.25) is 18.2 Å². The first-order chi connectivity index (χ1) is 40.2. The van der Waals surface area contributed by atoms with Crippen LogP contribution in [-0.4, -0.2) is 136 Å². The third kappa shape index (κ3) is 24.0. The molecule has 1 atom stereocenters. The molecule has 1 aliphatic rings. The van der Waals surface area contributed by atoms with Crippen molar-refractivity contribution in [2.75, 3.05) is 89.8 Å². The third-order valence-electron chi connectivity index (χ3n) is 12.7. The maximum Gasteiger partial charge on any atom is 0.321 e. The van der Waals surface area contributed by atoms with Gasteiger partial charge in [-0.3, -0.25) is 24.0 Å². The fourth-order valence-corrected chi connectivity index (χ4v) is 10.2. The minimum atomic E-state index is -3.64. The third-order valence-corrected chi connectivity index (χ3v) is 14.6. The fraction of sp³-hybridized carbons (Fsp3) is 0.441. The lowest BCUT2D eigenvalue weighted by Gasteiger charge is -2.33. The molecule has 83 heavy (non-hydrogen) atoms. The van der Waals surface area contributed by atoms with Gasteiger partial charge < -0.3 is 75.3 Å². The number of nitrogens with one attached hydrogen (secondary N) is 4. The molecule has 1 aromatic heterocycles. The summed E-state index contributed by atoms with van der Waals surface area (Å²) in [4.78, 5) is 84.7. The number of aliphatic hydroxyl groups excluding tert-OH is 1. The van der Waals surface area contributed by atoms with Gasteiger partial charge in [-0.25, -0.2) is 5.84 Å². The van der Waals surface area contributed by atoms with Crippen molar-refractivity contribution in [3.8, 4) is 5.75 Å². The molecule has 0 spiro atoms. The molecule has 11 N–H and O–H groups in total. The highest BCUT2D eigenvalue weighted by Gasteiger charge is 2.28. The summed E-state index contributed by atoms with van der Waals surface area (Å²) in [6, 6.07) is 29.4. The van der Waals surface area contributed by atoms with E-state index in [1.54, 1.807) is 28.1 Å². The van der Waals surface area contributed by atoms with Gasteiger partial charge in [0.25, 0.3) is 11.8 Å². The van der Waals surface area contributed by atoms with Gasteiger partial charge in [0.1, 0.15) is 12.4 Å². The average molecular weight is 1210 g/mol. The predicted molar refractivity (Wildman–Crippen MR) is 330 cm³/mol. The van der Waals surface area contributed by atoms with Crippen LogP contribution in [0.5, 0.6) is 5.75 Å². The Balaban J connectivity index is 0.00000362. The summed E-state index contributed by atoms with van der Waals surface area (Å²) in [5.74, 6) is 6.04. The van der Waals surface area contributed by atoms with Gasteiger partial charge in [0.15, 0.2) is 0 Å². The van der Waals surface area contributed by atoms with Crippen molar-refractivity contribution < 1.29 is 62.3 Å². The van der Waals surface area contributed by atoms with E-state index in [0.717, 1.165) is 60.4 Å². The van der Waals surface area contributed by atoms with E-state index in [0.29, 0.717) is 104 Å². The summed E-state index contributed by atoms with van der Waals surface area (Å²) in [6.45, 7) is 5.96. The quantitative estimate of drug-likeness (QED) is 0.00626. The van der Waals surface area contributed by atoms with E-state index in [9.17, 15) is 24.0 Å². The van der Waals surface area contributed by atoms with E-state index in [-0.39, 0.29) is 81.0 Å². The molecule has 2 heterocycles. The molecule has 24 heteroatoms. The van der Waals surface area contributed by atoms with E-state index in [4.69, 9.17) is 49.9 Å². The van der Waals surface area contributed by atoms with Crippen LogP contribution in [0.3, 0.4) is 0 Å². The van der Waals surface area contributed by atoms with E-state index in [2.05, 4.69) is 33.1 Å². The fourth-order valence-electron chi connectivity index (χ4n) is 8.65. The van der Waals surface area contributed by atoms with E-state index >= 15 is 0 Å². The lowest BCUT2D eigenvalue weighted by molar-refractivity contribution is -0.125. The molecule has 5 aromatic rings. The number of carbonyl (C=O) groups excluding carboxylic acids is 5. The highest BCUT2D eigenvalue weighted by atomic mass is 32.5. The largest absolute Gasteiger partial charge is 0.491 e. The molecule has 0 radical (unpaired) electrons. The first-order valence-corrected chi connectivity index (χ1v) is 31.4. The second kappa shape index (κ2) is 38.5. The number of rotatable bonds is 35. The normalized spacial score (nSPS) is 13.1. The smallest absolute Gasteiger partial charge is 0.321 e. The first kappa shape index (κ1) is 69.2. The molecule has 1 aliphatic heterocycles. The second-order valence-corrected chi connectivity index (χ2v) is 22.4. The number of nitrogens with zero attached hydrogens (tertiary/aromatic N) is 2. The summed E-state index contributed by atoms with van der Waals surface area (Å²) in [7, 11) is 1.00. The Hall–Kier alpha value is -6.34. The van der Waals surface area contributed by atoms with Crippen LogP contribution < -0.4 is 42.5 Å². The lowest BCUT2D eigenvalue weighted by Crippen LogP contribution is -2.38. The van der Waals surface area contributed by atoms with Crippen molar-refractivity contribution in [2.24, 2.45) is 11.6 Å². The van der Waals surface area contributed by atoms with Gasteiger partial charge in [-0.15, -0.1) is 11.3 Å². The molecule has 0 aliphatic carbocycles. The number of fused-ring (bicyclic) bond motifs is 3. The van der Waals surface area contributed by atoms with Gasteiger partial charge >= 0.3 is 6.72 Å². The highest BCUT2D eigenvalue weighted by Crippen LogP contribution is 2.38. The van der Waals surface area contributed by atoms with Crippen molar-refractivity contribution in [3.63, 3.8) is 0 Å². The zero-order valence-electron chi connectivity index (χ0n) is 48.0. The molecule has 6 rings (SSSR count). The van der Waals surface area contributed by atoms with Crippen molar-refractivity contribution in [3.05, 3.63) is 124 Å². The van der Waals surface area contributed by atoms with Crippen molar-refractivity contribution in [1.82, 2.24) is 21.0 Å². The Morgan fingerprint density at radius 2 is 1.42 bits per heavy atom. The molecule has 4 aromatic carbocycles. The van der Waals surface area contributed by atoms with Gasteiger partial charge in [0.05, 0.1) is 92.5 Å². The monoisotopic (exact) mass is 1210 g/mol. The molecule has 1 unspecified atom stereocenters. The minimum absolute atomic E-state index is 0.0107. The van der Waals surface area contributed by atoms with Crippen LogP contribution in [0.25, 0.3) is 21.5 Å². The van der Waals surface area contributed by atoms with Crippen molar-refractivity contribution >= 4 is 92.8 Å². The molecule has 0 saturated heterocycles. The van der Waals surface area contributed by atoms with Crippen LogP contribution in [0.4, 0.5) is 11.4 Å². The summed E-state index contributed by atoms with van der Waals surface area (Å²) < 4.78 is 29.1. The number of nitrogens with two attached hydrogens (primary N) is 2. The first-order valence-electron chi connectivity index (χ1n) is 27.9. The standard InChI is InChI=1S/C56H73N8O12PS2.C2H6.CH4O/c1-40(14-10-12-25-59-39-65)61-55(68)46-37-43(21-22-47(46)62-56(69)50-36-41-15-5-9-20-49(41)79-50)75-35-34-74-33-32-73-31-30-72-29-27-64(58)54-44-17-6-4-16-42(44)38-63(48-19-8-7-18-45(48)53(54)57)52(67)24-23-51(66)60-26-11-2-3-13-28-76-77(70,71)78;2*1-2/h4-9,15-22,36-37,39-40H,2-3,10-14,23-35,38,57-58H2,1H3,(H,59,65)(H,60,66)(H,61,68)(H,62,69)(H2,70,71,78);1-2H3;2H,1H3/b54-53-;;. The predicted octanol–water partition coefficient (Wildman–Crippen LogP) is 7.44. The van der Waals surface area contributed by atoms with Crippen LogP contribution in [0.2, 0.25) is 0 Å². The minimum Gasteiger partial charge on any atom is -0.491 e. The van der Waals surface area contributed by atoms with E-state index < -0.39 is 6.72 Å². The van der Waals surface area contributed by atoms with Crippen molar-refractivity contribution in [2.45, 2.75) is 91.1 Å². The number of aliphatic hydroxyl groups is 1. The Bertz CT molecular complexity index is 2860. The molecular weight excluding hydrogens is 1120 g/mol. The summed E-state index contributed by atoms with van der Waals surface area (Å²) in [6.07, 6.45) is 5.91. The van der Waals surface area contributed by atoms with Crippen LogP contribution in [0.1, 0.15) is 115 Å². The number of hydrogen-bond acceptors (Lipinski definition) is 16. The summed E-state index contributed by atoms with van der Waals surface area (Å²) in [5, 5.41) is 21.0. The Kier molecular flexibility index (Phi) is 32.1. The van der Waals surface area contributed by atoms with Crippen LogP contribution in [0, 0.1) is 0 Å². The van der Waals surface area contributed by atoms with Crippen LogP contribution >= 0.6 is 18.1 Å². The number of unbranched alkanes of at least 4 members (excludes halogenated alkanes) is 4. The Morgan fingerprint density at radius 3 is 2.14 bits per heavy atom. The van der Waals surface area contributed by atoms with Gasteiger partial charge in [-0.2, -0.15) is 0 Å². The molecule has 21 nitrogen and oxygen atoms in total. The summed E-state index contributed by atoms with van der Waals surface area (Å²) in [5.41, 5.74) is 11.3. The van der Waals surface area contributed by atoms with Crippen molar-refractivity contribution in [1.29, 1.82) is 0 Å². The average Bonchev–Trinajstić information content (AvgIpc) is 3.66.